The van der Waals surface area contributed by atoms with E-state index < -0.39 is 17.5 Å². The lowest BCUT2D eigenvalue weighted by Gasteiger charge is -2.06. The van der Waals surface area contributed by atoms with Crippen molar-refractivity contribution in [3.8, 4) is 5.88 Å². The maximum atomic E-state index is 13.5. The molecule has 1 aliphatic rings. The Bertz CT molecular complexity index is 751. The Kier molecular flexibility index (Phi) is 5.38. The Hall–Kier alpha value is -2.76. The van der Waals surface area contributed by atoms with Crippen LogP contribution >= 0.6 is 0 Å². The predicted octanol–water partition coefficient (Wildman–Crippen LogP) is 3.48. The molecule has 25 heavy (non-hydrogen) atoms. The van der Waals surface area contributed by atoms with Crippen molar-refractivity contribution in [3.05, 3.63) is 65.4 Å². The van der Waals surface area contributed by atoms with Gasteiger partial charge < -0.3 is 10.1 Å². The SMILES string of the molecule is O=C(/C=C/c1c(F)cccc1F)NCc1ccc(OCC2CC2)nc1. The second-order valence-electron chi connectivity index (χ2n) is 5.95. The van der Waals surface area contributed by atoms with E-state index in [1.54, 1.807) is 12.3 Å². The van der Waals surface area contributed by atoms with E-state index in [1.165, 1.54) is 18.9 Å². The van der Waals surface area contributed by atoms with Crippen LogP contribution in [-0.4, -0.2) is 17.5 Å². The molecular formula is C19H18F2N2O2. The van der Waals surface area contributed by atoms with Gasteiger partial charge in [-0.2, -0.15) is 0 Å². The highest BCUT2D eigenvalue weighted by Crippen LogP contribution is 2.29. The van der Waals surface area contributed by atoms with E-state index in [4.69, 9.17) is 4.74 Å². The van der Waals surface area contributed by atoms with Crippen molar-refractivity contribution in [3.63, 3.8) is 0 Å². The van der Waals surface area contributed by atoms with Gasteiger partial charge in [0, 0.05) is 30.4 Å². The fraction of sp³-hybridized carbons (Fsp3) is 0.263. The van der Waals surface area contributed by atoms with Crippen molar-refractivity contribution in [2.75, 3.05) is 6.61 Å². The first kappa shape index (κ1) is 17.1. The molecule has 1 aliphatic carbocycles. The number of benzene rings is 1. The largest absolute Gasteiger partial charge is 0.477 e. The van der Waals surface area contributed by atoms with Crippen molar-refractivity contribution in [1.29, 1.82) is 0 Å². The first-order valence-electron chi connectivity index (χ1n) is 8.09. The molecular weight excluding hydrogens is 326 g/mol. The fourth-order valence-electron chi connectivity index (χ4n) is 2.17. The number of hydrogen-bond acceptors (Lipinski definition) is 3. The highest BCUT2D eigenvalue weighted by atomic mass is 19.1. The summed E-state index contributed by atoms with van der Waals surface area (Å²) in [5, 5.41) is 2.64. The Morgan fingerprint density at radius 3 is 2.64 bits per heavy atom. The highest BCUT2D eigenvalue weighted by Gasteiger charge is 2.22. The number of ether oxygens (including phenoxy) is 1. The van der Waals surface area contributed by atoms with E-state index in [0.29, 0.717) is 18.4 Å². The molecule has 1 saturated carbocycles. The van der Waals surface area contributed by atoms with Crippen LogP contribution in [0.3, 0.4) is 0 Å². The second kappa shape index (κ2) is 7.88. The Balaban J connectivity index is 1.49. The topological polar surface area (TPSA) is 51.2 Å². The third-order valence-electron chi connectivity index (χ3n) is 3.83. The van der Waals surface area contributed by atoms with Crippen molar-refractivity contribution < 1.29 is 18.3 Å². The zero-order valence-corrected chi connectivity index (χ0v) is 13.5. The molecule has 3 rings (SSSR count). The van der Waals surface area contributed by atoms with Crippen LogP contribution in [0, 0.1) is 17.6 Å². The van der Waals surface area contributed by atoms with Gasteiger partial charge in [0.25, 0.3) is 0 Å². The smallest absolute Gasteiger partial charge is 0.244 e. The standard InChI is InChI=1S/C19H18F2N2O2/c20-16-2-1-3-17(21)15(16)7-8-18(24)22-10-14-6-9-19(23-11-14)25-12-13-4-5-13/h1-3,6-9,11,13H,4-5,10,12H2,(H,22,24)/b8-7+. The van der Waals surface area contributed by atoms with E-state index in [2.05, 4.69) is 10.3 Å². The number of carbonyl (C=O) groups excluding carboxylic acids is 1. The van der Waals surface area contributed by atoms with Crippen LogP contribution in [0.1, 0.15) is 24.0 Å². The average Bonchev–Trinajstić information content (AvgIpc) is 3.43. The number of halogens is 2. The summed E-state index contributed by atoms with van der Waals surface area (Å²) in [4.78, 5) is 16.0. The summed E-state index contributed by atoms with van der Waals surface area (Å²) in [6, 6.07) is 7.12. The van der Waals surface area contributed by atoms with Crippen molar-refractivity contribution in [1.82, 2.24) is 10.3 Å². The minimum atomic E-state index is -0.713. The zero-order valence-electron chi connectivity index (χ0n) is 13.5. The summed E-state index contributed by atoms with van der Waals surface area (Å²) in [6.45, 7) is 0.958. The summed E-state index contributed by atoms with van der Waals surface area (Å²) >= 11 is 0. The zero-order chi connectivity index (χ0) is 17.6. The van der Waals surface area contributed by atoms with E-state index >= 15 is 0 Å². The molecule has 1 amide bonds. The number of aromatic nitrogens is 1. The lowest BCUT2D eigenvalue weighted by atomic mass is 10.2. The Labute approximate surface area is 144 Å². The van der Waals surface area contributed by atoms with Crippen LogP contribution in [0.4, 0.5) is 8.78 Å². The van der Waals surface area contributed by atoms with Crippen LogP contribution in [0.15, 0.2) is 42.6 Å². The molecule has 0 bridgehead atoms. The monoisotopic (exact) mass is 344 g/mol. The molecule has 1 aromatic heterocycles. The predicted molar refractivity (Wildman–Crippen MR) is 89.7 cm³/mol. The number of nitrogens with one attached hydrogen (secondary N) is 1. The van der Waals surface area contributed by atoms with Gasteiger partial charge in [0.1, 0.15) is 11.6 Å². The van der Waals surface area contributed by atoms with Crippen molar-refractivity contribution >= 4 is 12.0 Å². The van der Waals surface area contributed by atoms with Gasteiger partial charge in [0.15, 0.2) is 0 Å². The van der Waals surface area contributed by atoms with Gasteiger partial charge in [-0.15, -0.1) is 0 Å². The normalized spacial score (nSPS) is 13.8. The quantitative estimate of drug-likeness (QED) is 0.783. The molecule has 6 heteroatoms. The minimum absolute atomic E-state index is 0.239. The number of nitrogens with zero attached hydrogens (tertiary/aromatic N) is 1. The molecule has 0 saturated heterocycles. The molecule has 130 valence electrons. The van der Waals surface area contributed by atoms with Crippen LogP contribution in [0.25, 0.3) is 6.08 Å². The number of amides is 1. The van der Waals surface area contributed by atoms with Crippen molar-refractivity contribution in [2.24, 2.45) is 5.92 Å². The first-order valence-corrected chi connectivity index (χ1v) is 8.09. The molecule has 1 N–H and O–H groups in total. The molecule has 4 nitrogen and oxygen atoms in total. The maximum absolute atomic E-state index is 13.5. The summed E-state index contributed by atoms with van der Waals surface area (Å²) in [6.07, 6.45) is 6.28. The average molecular weight is 344 g/mol. The van der Waals surface area contributed by atoms with Crippen LogP contribution in [0.5, 0.6) is 5.88 Å². The second-order valence-corrected chi connectivity index (χ2v) is 5.95. The maximum Gasteiger partial charge on any atom is 0.244 e. The molecule has 1 heterocycles. The summed E-state index contributed by atoms with van der Waals surface area (Å²) in [5.41, 5.74) is 0.564. The third-order valence-corrected chi connectivity index (χ3v) is 3.83. The molecule has 0 spiro atoms. The first-order chi connectivity index (χ1) is 12.1. The number of pyridine rings is 1. The van der Waals surface area contributed by atoms with Gasteiger partial charge in [-0.3, -0.25) is 4.79 Å². The van der Waals surface area contributed by atoms with Crippen LogP contribution in [0.2, 0.25) is 0 Å². The molecule has 2 aromatic rings. The molecule has 0 aliphatic heterocycles. The lowest BCUT2D eigenvalue weighted by Crippen LogP contribution is -2.20. The van der Waals surface area contributed by atoms with Gasteiger partial charge in [-0.25, -0.2) is 13.8 Å². The van der Waals surface area contributed by atoms with Gasteiger partial charge in [-0.1, -0.05) is 12.1 Å². The molecule has 0 radical (unpaired) electrons. The van der Waals surface area contributed by atoms with Gasteiger partial charge in [0.05, 0.1) is 6.61 Å². The van der Waals surface area contributed by atoms with Crippen LogP contribution in [-0.2, 0) is 11.3 Å². The summed E-state index contributed by atoms with van der Waals surface area (Å²) in [5.74, 6) is -0.648. The lowest BCUT2D eigenvalue weighted by molar-refractivity contribution is -0.116. The molecule has 0 atom stereocenters. The van der Waals surface area contributed by atoms with E-state index in [9.17, 15) is 13.6 Å². The Morgan fingerprint density at radius 1 is 1.24 bits per heavy atom. The summed E-state index contributed by atoms with van der Waals surface area (Å²) in [7, 11) is 0. The molecule has 1 aromatic carbocycles. The van der Waals surface area contributed by atoms with E-state index in [1.807, 2.05) is 6.07 Å². The Morgan fingerprint density at radius 2 is 2.00 bits per heavy atom. The summed E-state index contributed by atoms with van der Waals surface area (Å²) < 4.78 is 32.5. The minimum Gasteiger partial charge on any atom is -0.477 e. The number of rotatable bonds is 7. The van der Waals surface area contributed by atoms with Gasteiger partial charge >= 0.3 is 0 Å². The number of hydrogen-bond donors (Lipinski definition) is 1. The molecule has 1 fully saturated rings. The number of carbonyl (C=O) groups is 1. The third kappa shape index (κ3) is 5.11. The van der Waals surface area contributed by atoms with Crippen LogP contribution < -0.4 is 10.1 Å². The molecule has 0 unspecified atom stereocenters. The highest BCUT2D eigenvalue weighted by molar-refractivity contribution is 5.91. The van der Waals surface area contributed by atoms with Gasteiger partial charge in [-0.05, 0) is 42.5 Å². The fourth-order valence-corrected chi connectivity index (χ4v) is 2.17. The van der Waals surface area contributed by atoms with E-state index in [0.717, 1.165) is 29.8 Å². The van der Waals surface area contributed by atoms with E-state index in [-0.39, 0.29) is 12.1 Å². The van der Waals surface area contributed by atoms with Crippen molar-refractivity contribution in [2.45, 2.75) is 19.4 Å². The van der Waals surface area contributed by atoms with Gasteiger partial charge in [0.2, 0.25) is 11.8 Å².